The van der Waals surface area contributed by atoms with Crippen molar-refractivity contribution in [2.24, 2.45) is 0 Å². The molecule has 0 bridgehead atoms. The predicted molar refractivity (Wildman–Crippen MR) is 169 cm³/mol. The lowest BCUT2D eigenvalue weighted by Crippen LogP contribution is -2.00. The maximum atomic E-state index is 6.89. The monoisotopic (exact) mass is 553 g/mol. The molecule has 0 saturated carbocycles. The summed E-state index contributed by atoms with van der Waals surface area (Å²) >= 11 is 0. The standard InChI is InChI=1S/C37H19N3O3/c1-3-9-20(10-4-1)35-38-36(21-11-5-2-6-12-21)40-37(39-35)23-18-27-30-28(19-23)43-34-24-14-8-7-13-22(24)17-29-33(34)32-26(42-29)16-15-25(41-27)31(30)32/h1-19H. The van der Waals surface area contributed by atoms with Crippen molar-refractivity contribution in [3.8, 4) is 34.2 Å². The maximum Gasteiger partial charge on any atom is 0.164 e. The van der Waals surface area contributed by atoms with E-state index in [1.807, 2.05) is 97.1 Å². The van der Waals surface area contributed by atoms with Crippen LogP contribution in [0.2, 0.25) is 0 Å². The van der Waals surface area contributed by atoms with Gasteiger partial charge in [-0.25, -0.2) is 15.0 Å². The highest BCUT2D eigenvalue weighted by Gasteiger charge is 2.24. The highest BCUT2D eigenvalue weighted by molar-refractivity contribution is 6.34. The van der Waals surface area contributed by atoms with Crippen LogP contribution < -0.4 is 0 Å². The molecule has 43 heavy (non-hydrogen) atoms. The molecule has 0 unspecified atom stereocenters. The second-order valence-corrected chi connectivity index (χ2v) is 10.8. The first-order valence-corrected chi connectivity index (χ1v) is 14.1. The van der Waals surface area contributed by atoms with E-state index < -0.39 is 0 Å². The molecule has 0 aliphatic rings. The number of hydrogen-bond acceptors (Lipinski definition) is 6. The topological polar surface area (TPSA) is 78.1 Å². The third-order valence-electron chi connectivity index (χ3n) is 8.27. The van der Waals surface area contributed by atoms with Crippen molar-refractivity contribution in [1.82, 2.24) is 15.0 Å². The first-order chi connectivity index (χ1) is 21.3. The van der Waals surface area contributed by atoms with Crippen LogP contribution in [-0.4, -0.2) is 15.0 Å². The van der Waals surface area contributed by atoms with E-state index in [0.29, 0.717) is 28.6 Å². The molecule has 200 valence electrons. The molecule has 4 aromatic heterocycles. The second kappa shape index (κ2) is 8.27. The van der Waals surface area contributed by atoms with E-state index in [2.05, 4.69) is 18.2 Å². The van der Waals surface area contributed by atoms with Crippen molar-refractivity contribution in [1.29, 1.82) is 0 Å². The fraction of sp³-hybridized carbons (Fsp3) is 0. The van der Waals surface area contributed by atoms with Gasteiger partial charge in [0.15, 0.2) is 17.5 Å². The molecule has 6 heteroatoms. The molecule has 0 aliphatic carbocycles. The van der Waals surface area contributed by atoms with Gasteiger partial charge in [0, 0.05) is 32.8 Å². The molecular weight excluding hydrogens is 534 g/mol. The summed E-state index contributed by atoms with van der Waals surface area (Å²) in [5.41, 5.74) is 7.14. The molecule has 4 heterocycles. The van der Waals surface area contributed by atoms with E-state index in [-0.39, 0.29) is 0 Å². The van der Waals surface area contributed by atoms with Crippen LogP contribution in [0.1, 0.15) is 0 Å². The highest BCUT2D eigenvalue weighted by atomic mass is 16.4. The highest BCUT2D eigenvalue weighted by Crippen LogP contribution is 2.47. The molecule has 0 radical (unpaired) electrons. The Morgan fingerprint density at radius 3 is 1.53 bits per heavy atom. The smallest absolute Gasteiger partial charge is 0.164 e. The van der Waals surface area contributed by atoms with Crippen molar-refractivity contribution >= 4 is 65.8 Å². The molecule has 0 atom stereocenters. The zero-order chi connectivity index (χ0) is 28.1. The molecule has 0 spiro atoms. The van der Waals surface area contributed by atoms with E-state index in [1.54, 1.807) is 0 Å². The minimum absolute atomic E-state index is 0.536. The van der Waals surface area contributed by atoms with Gasteiger partial charge in [-0.15, -0.1) is 0 Å². The van der Waals surface area contributed by atoms with Crippen LogP contribution in [0.3, 0.4) is 0 Å². The summed E-state index contributed by atoms with van der Waals surface area (Å²) in [6.07, 6.45) is 0. The number of rotatable bonds is 3. The number of aromatic nitrogens is 3. The summed E-state index contributed by atoms with van der Waals surface area (Å²) < 4.78 is 19.7. The Balaban J connectivity index is 1.33. The van der Waals surface area contributed by atoms with Crippen molar-refractivity contribution in [2.75, 3.05) is 0 Å². The average molecular weight is 554 g/mol. The van der Waals surface area contributed by atoms with Crippen molar-refractivity contribution < 1.29 is 13.3 Å². The molecule has 10 rings (SSSR count). The summed E-state index contributed by atoms with van der Waals surface area (Å²) in [5.74, 6) is 1.73. The SMILES string of the molecule is c1ccc(-c2nc(-c3ccccc3)nc(-c3cc4oc5ccc6oc7cc8ccccc8c8oc(c3)c4c5c6c78)n2)cc1. The van der Waals surface area contributed by atoms with Crippen LogP contribution in [0.25, 0.3) is 100.0 Å². The predicted octanol–water partition coefficient (Wildman–Crippen LogP) is 10.0. The van der Waals surface area contributed by atoms with Gasteiger partial charge in [-0.3, -0.25) is 0 Å². The van der Waals surface area contributed by atoms with E-state index in [4.69, 9.17) is 28.2 Å². The van der Waals surface area contributed by atoms with Crippen molar-refractivity contribution in [3.05, 3.63) is 115 Å². The number of fused-ring (bicyclic) bond motifs is 2. The van der Waals surface area contributed by atoms with E-state index in [9.17, 15) is 0 Å². The quantitative estimate of drug-likeness (QED) is 0.217. The maximum absolute atomic E-state index is 6.89. The van der Waals surface area contributed by atoms with Gasteiger partial charge >= 0.3 is 0 Å². The Bertz CT molecular complexity index is 2610. The fourth-order valence-electron chi connectivity index (χ4n) is 6.35. The molecule has 0 saturated heterocycles. The lowest BCUT2D eigenvalue weighted by molar-refractivity contribution is 0.658. The van der Waals surface area contributed by atoms with Crippen LogP contribution in [0.15, 0.2) is 129 Å². The van der Waals surface area contributed by atoms with E-state index >= 15 is 0 Å². The van der Waals surface area contributed by atoms with Gasteiger partial charge in [0.25, 0.3) is 0 Å². The Labute approximate surface area is 243 Å². The molecule has 0 amide bonds. The van der Waals surface area contributed by atoms with Crippen LogP contribution in [0.5, 0.6) is 0 Å². The van der Waals surface area contributed by atoms with Gasteiger partial charge in [-0.05, 0) is 35.7 Å². The van der Waals surface area contributed by atoms with Gasteiger partial charge in [0.1, 0.15) is 33.5 Å². The van der Waals surface area contributed by atoms with Gasteiger partial charge in [-0.2, -0.15) is 0 Å². The Morgan fingerprint density at radius 2 is 0.884 bits per heavy atom. The summed E-state index contributed by atoms with van der Waals surface area (Å²) in [5, 5.41) is 5.94. The van der Waals surface area contributed by atoms with Gasteiger partial charge in [0.2, 0.25) is 0 Å². The van der Waals surface area contributed by atoms with Crippen LogP contribution in [0.4, 0.5) is 0 Å². The Kier molecular flexibility index (Phi) is 4.36. The normalized spacial score (nSPS) is 12.2. The molecule has 0 N–H and O–H groups in total. The summed E-state index contributed by atoms with van der Waals surface area (Å²) in [6, 6.07) is 38.2. The zero-order valence-electron chi connectivity index (χ0n) is 22.5. The first kappa shape index (κ1) is 22.7. The third kappa shape index (κ3) is 3.20. The largest absolute Gasteiger partial charge is 0.456 e. The number of furan rings is 2. The van der Waals surface area contributed by atoms with Gasteiger partial charge in [0.05, 0.1) is 10.8 Å². The first-order valence-electron chi connectivity index (χ1n) is 14.1. The number of benzene rings is 6. The molecule has 6 nitrogen and oxygen atoms in total. The lowest BCUT2D eigenvalue weighted by atomic mass is 10.0. The minimum Gasteiger partial charge on any atom is -0.456 e. The molecule has 0 aliphatic heterocycles. The number of hydrogen-bond donors (Lipinski definition) is 0. The van der Waals surface area contributed by atoms with E-state index in [1.165, 1.54) is 0 Å². The minimum atomic E-state index is 0.536. The van der Waals surface area contributed by atoms with Crippen LogP contribution >= 0.6 is 0 Å². The lowest BCUT2D eigenvalue weighted by Gasteiger charge is -2.08. The molecule has 10 aromatic rings. The van der Waals surface area contributed by atoms with E-state index in [0.717, 1.165) is 71.3 Å². The molecule has 6 aromatic carbocycles. The third-order valence-corrected chi connectivity index (χ3v) is 8.27. The van der Waals surface area contributed by atoms with Crippen LogP contribution in [-0.2, 0) is 0 Å². The van der Waals surface area contributed by atoms with Crippen molar-refractivity contribution in [2.45, 2.75) is 0 Å². The number of nitrogens with zero attached hydrogens (tertiary/aromatic N) is 3. The van der Waals surface area contributed by atoms with Gasteiger partial charge in [-0.1, -0.05) is 84.9 Å². The van der Waals surface area contributed by atoms with Gasteiger partial charge < -0.3 is 13.3 Å². The Hall–Kier alpha value is -6.01. The van der Waals surface area contributed by atoms with Crippen molar-refractivity contribution in [3.63, 3.8) is 0 Å². The second-order valence-electron chi connectivity index (χ2n) is 10.8. The summed E-state index contributed by atoms with van der Waals surface area (Å²) in [7, 11) is 0. The molecule has 0 fully saturated rings. The fourth-order valence-corrected chi connectivity index (χ4v) is 6.35. The average Bonchev–Trinajstić information content (AvgIpc) is 3.58. The zero-order valence-corrected chi connectivity index (χ0v) is 22.5. The summed E-state index contributed by atoms with van der Waals surface area (Å²) in [4.78, 5) is 14.8. The van der Waals surface area contributed by atoms with Crippen LogP contribution in [0, 0.1) is 0 Å². The summed E-state index contributed by atoms with van der Waals surface area (Å²) in [6.45, 7) is 0. The molecular formula is C37H19N3O3. The Morgan fingerprint density at radius 1 is 0.372 bits per heavy atom.